The van der Waals surface area contributed by atoms with Crippen LogP contribution in [-0.4, -0.2) is 19.7 Å². The quantitative estimate of drug-likeness (QED) is 0.415. The van der Waals surface area contributed by atoms with Gasteiger partial charge >= 0.3 is 0 Å². The van der Waals surface area contributed by atoms with Crippen molar-refractivity contribution in [1.29, 1.82) is 0 Å². The van der Waals surface area contributed by atoms with E-state index in [4.69, 9.17) is 5.84 Å². The molecule has 0 radical (unpaired) electrons. The molecule has 0 aliphatic rings. The third-order valence-corrected chi connectivity index (χ3v) is 2.14. The number of nitrogens with two attached hydrogens (primary N) is 1. The number of nitrogens with zero attached hydrogens (tertiary/aromatic N) is 4. The van der Waals surface area contributed by atoms with Crippen LogP contribution in [0.15, 0.2) is 24.4 Å². The van der Waals surface area contributed by atoms with E-state index in [1.165, 1.54) is 12.1 Å². The summed E-state index contributed by atoms with van der Waals surface area (Å²) in [5, 5.41) is 17.7. The van der Waals surface area contributed by atoms with Gasteiger partial charge in [0, 0.05) is 19.3 Å². The Hall–Kier alpha value is -2.68. The Balaban J connectivity index is 2.32. The first-order valence-electron chi connectivity index (χ1n) is 4.98. The molecule has 9 heteroatoms. The Morgan fingerprint density at radius 2 is 2.11 bits per heavy atom. The SMILES string of the molecule is Cn1ccc(Nc2cc([N+](=O)[O-])cc(NN)n2)n1. The van der Waals surface area contributed by atoms with Crippen molar-refractivity contribution in [1.82, 2.24) is 14.8 Å². The van der Waals surface area contributed by atoms with Crippen molar-refractivity contribution < 1.29 is 4.92 Å². The molecule has 94 valence electrons. The van der Waals surface area contributed by atoms with Crippen LogP contribution in [0.5, 0.6) is 0 Å². The Labute approximate surface area is 102 Å². The van der Waals surface area contributed by atoms with Crippen LogP contribution in [0.3, 0.4) is 0 Å². The minimum absolute atomic E-state index is 0.114. The summed E-state index contributed by atoms with van der Waals surface area (Å²) >= 11 is 0. The minimum atomic E-state index is -0.522. The average Bonchev–Trinajstić information content (AvgIpc) is 2.74. The molecule has 0 aromatic carbocycles. The molecular formula is C9H11N7O2. The van der Waals surface area contributed by atoms with Gasteiger partial charge in [-0.2, -0.15) is 5.10 Å². The molecule has 0 aliphatic heterocycles. The summed E-state index contributed by atoms with van der Waals surface area (Å²) < 4.78 is 1.60. The molecule has 0 atom stereocenters. The molecule has 0 amide bonds. The van der Waals surface area contributed by atoms with E-state index in [0.29, 0.717) is 5.82 Å². The first kappa shape index (κ1) is 11.8. The van der Waals surface area contributed by atoms with Gasteiger partial charge in [0.25, 0.3) is 5.69 Å². The van der Waals surface area contributed by atoms with Crippen LogP contribution < -0.4 is 16.6 Å². The number of aryl methyl sites for hydroxylation is 1. The summed E-state index contributed by atoms with van der Waals surface area (Å²) in [4.78, 5) is 14.3. The maximum Gasteiger partial charge on any atom is 0.276 e. The Bertz CT molecular complexity index is 580. The second-order valence-electron chi connectivity index (χ2n) is 3.50. The molecule has 9 nitrogen and oxygen atoms in total. The van der Waals surface area contributed by atoms with Crippen molar-refractivity contribution in [3.63, 3.8) is 0 Å². The molecule has 2 aromatic rings. The van der Waals surface area contributed by atoms with Crippen LogP contribution in [0, 0.1) is 10.1 Å². The Kier molecular flexibility index (Phi) is 3.06. The highest BCUT2D eigenvalue weighted by Gasteiger charge is 2.11. The predicted molar refractivity (Wildman–Crippen MR) is 65.2 cm³/mol. The topological polar surface area (TPSA) is 124 Å². The number of nitro groups is 1. The van der Waals surface area contributed by atoms with Crippen LogP contribution in [0.1, 0.15) is 0 Å². The molecule has 0 saturated carbocycles. The molecule has 2 aromatic heterocycles. The Morgan fingerprint density at radius 1 is 1.39 bits per heavy atom. The molecule has 0 unspecified atom stereocenters. The van der Waals surface area contributed by atoms with Crippen molar-refractivity contribution in [2.75, 3.05) is 10.7 Å². The number of pyridine rings is 1. The summed E-state index contributed by atoms with van der Waals surface area (Å²) in [5.74, 6) is 6.22. The molecule has 2 rings (SSSR count). The standard InChI is InChI=1S/C9H11N7O2/c1-15-3-2-7(14-15)11-8-4-6(16(17)18)5-9(12-8)13-10/h2-5H,10H2,1H3,(H2,11,12,13,14). The van der Waals surface area contributed by atoms with Crippen molar-refractivity contribution in [2.45, 2.75) is 0 Å². The van der Waals surface area contributed by atoms with Gasteiger partial charge in [-0.25, -0.2) is 10.8 Å². The Morgan fingerprint density at radius 3 is 2.67 bits per heavy atom. The monoisotopic (exact) mass is 249 g/mol. The predicted octanol–water partition coefficient (Wildman–Crippen LogP) is 0.752. The highest BCUT2D eigenvalue weighted by atomic mass is 16.6. The van der Waals surface area contributed by atoms with Gasteiger partial charge in [-0.05, 0) is 0 Å². The number of nitrogen functional groups attached to an aromatic ring is 1. The van der Waals surface area contributed by atoms with Gasteiger partial charge in [0.15, 0.2) is 5.82 Å². The van der Waals surface area contributed by atoms with E-state index in [1.807, 2.05) is 0 Å². The number of anilines is 3. The first-order chi connectivity index (χ1) is 8.58. The van der Waals surface area contributed by atoms with E-state index in [9.17, 15) is 10.1 Å². The van der Waals surface area contributed by atoms with Crippen molar-refractivity contribution in [3.8, 4) is 0 Å². The van der Waals surface area contributed by atoms with E-state index in [1.54, 1.807) is 24.0 Å². The lowest BCUT2D eigenvalue weighted by molar-refractivity contribution is -0.384. The lowest BCUT2D eigenvalue weighted by Gasteiger charge is -2.05. The zero-order valence-corrected chi connectivity index (χ0v) is 9.49. The average molecular weight is 249 g/mol. The van der Waals surface area contributed by atoms with Crippen LogP contribution in [0.25, 0.3) is 0 Å². The van der Waals surface area contributed by atoms with Gasteiger partial charge in [-0.1, -0.05) is 0 Å². The van der Waals surface area contributed by atoms with E-state index in [-0.39, 0.29) is 17.3 Å². The third kappa shape index (κ3) is 2.52. The minimum Gasteiger partial charge on any atom is -0.323 e. The molecular weight excluding hydrogens is 238 g/mol. The zero-order valence-electron chi connectivity index (χ0n) is 9.49. The van der Waals surface area contributed by atoms with Gasteiger partial charge < -0.3 is 10.7 Å². The second kappa shape index (κ2) is 4.67. The zero-order chi connectivity index (χ0) is 13.1. The van der Waals surface area contributed by atoms with Gasteiger partial charge in [0.2, 0.25) is 0 Å². The summed E-state index contributed by atoms with van der Waals surface area (Å²) in [6, 6.07) is 4.26. The van der Waals surface area contributed by atoms with Gasteiger partial charge in [0.1, 0.15) is 11.6 Å². The third-order valence-electron chi connectivity index (χ3n) is 2.14. The van der Waals surface area contributed by atoms with E-state index >= 15 is 0 Å². The molecule has 0 spiro atoms. The maximum atomic E-state index is 10.7. The van der Waals surface area contributed by atoms with Crippen LogP contribution in [0.4, 0.5) is 23.1 Å². The van der Waals surface area contributed by atoms with Gasteiger partial charge in [-0.3, -0.25) is 14.8 Å². The first-order valence-corrected chi connectivity index (χ1v) is 4.98. The largest absolute Gasteiger partial charge is 0.323 e. The lowest BCUT2D eigenvalue weighted by Crippen LogP contribution is -2.10. The summed E-state index contributed by atoms with van der Waals surface area (Å²) in [6.45, 7) is 0. The normalized spacial score (nSPS) is 10.1. The molecule has 0 fully saturated rings. The van der Waals surface area contributed by atoms with Crippen LogP contribution in [-0.2, 0) is 7.05 Å². The molecule has 0 aliphatic carbocycles. The molecule has 0 bridgehead atoms. The number of rotatable bonds is 4. The number of hydrogen-bond acceptors (Lipinski definition) is 7. The number of aromatic nitrogens is 3. The van der Waals surface area contributed by atoms with E-state index < -0.39 is 4.92 Å². The fraction of sp³-hybridized carbons (Fsp3) is 0.111. The van der Waals surface area contributed by atoms with Crippen LogP contribution >= 0.6 is 0 Å². The number of hydrogen-bond donors (Lipinski definition) is 3. The summed E-state index contributed by atoms with van der Waals surface area (Å²) in [6.07, 6.45) is 1.74. The van der Waals surface area contributed by atoms with Gasteiger partial charge in [-0.15, -0.1) is 0 Å². The molecule has 4 N–H and O–H groups in total. The smallest absolute Gasteiger partial charge is 0.276 e. The second-order valence-corrected chi connectivity index (χ2v) is 3.50. The van der Waals surface area contributed by atoms with Crippen molar-refractivity contribution in [3.05, 3.63) is 34.5 Å². The van der Waals surface area contributed by atoms with E-state index in [0.717, 1.165) is 0 Å². The molecule has 2 heterocycles. The fourth-order valence-corrected chi connectivity index (χ4v) is 1.37. The molecule has 18 heavy (non-hydrogen) atoms. The van der Waals surface area contributed by atoms with Crippen LogP contribution in [0.2, 0.25) is 0 Å². The number of nitrogens with one attached hydrogen (secondary N) is 2. The summed E-state index contributed by atoms with van der Waals surface area (Å²) in [5.41, 5.74) is 2.16. The highest BCUT2D eigenvalue weighted by Crippen LogP contribution is 2.22. The maximum absolute atomic E-state index is 10.7. The number of hydrazine groups is 1. The van der Waals surface area contributed by atoms with Gasteiger partial charge in [0.05, 0.1) is 17.1 Å². The lowest BCUT2D eigenvalue weighted by atomic mass is 10.3. The van der Waals surface area contributed by atoms with Crippen molar-refractivity contribution in [2.24, 2.45) is 12.9 Å². The highest BCUT2D eigenvalue weighted by molar-refractivity contribution is 5.59. The molecule has 0 saturated heterocycles. The van der Waals surface area contributed by atoms with E-state index in [2.05, 4.69) is 20.8 Å². The van der Waals surface area contributed by atoms with Crippen molar-refractivity contribution >= 4 is 23.1 Å². The summed E-state index contributed by atoms with van der Waals surface area (Å²) in [7, 11) is 1.76. The fourth-order valence-electron chi connectivity index (χ4n) is 1.37.